The van der Waals surface area contributed by atoms with Crippen LogP contribution in [0, 0.1) is 5.92 Å². The van der Waals surface area contributed by atoms with Crippen LogP contribution in [0.1, 0.15) is 82.3 Å². The van der Waals surface area contributed by atoms with E-state index in [4.69, 9.17) is 9.47 Å². The number of halogens is 3. The summed E-state index contributed by atoms with van der Waals surface area (Å²) in [4.78, 5) is 17.2. The van der Waals surface area contributed by atoms with Crippen LogP contribution in [-0.4, -0.2) is 34.3 Å². The first-order valence-electron chi connectivity index (χ1n) is 10.7. The van der Waals surface area contributed by atoms with Gasteiger partial charge < -0.3 is 14.8 Å². The molecule has 3 unspecified atom stereocenters. The van der Waals surface area contributed by atoms with E-state index in [0.717, 1.165) is 31.9 Å². The van der Waals surface area contributed by atoms with Gasteiger partial charge >= 0.3 is 6.18 Å². The second kappa shape index (κ2) is 7.14. The van der Waals surface area contributed by atoms with E-state index in [-0.39, 0.29) is 28.9 Å². The lowest BCUT2D eigenvalue weighted by Gasteiger charge is -2.30. The Labute approximate surface area is 180 Å². The predicted octanol–water partition coefficient (Wildman–Crippen LogP) is 5.27. The topological polar surface area (TPSA) is 60.5 Å². The number of nitrogens with zero attached hydrogens (tertiary/aromatic N) is 1. The molecule has 0 spiro atoms. The fourth-order valence-corrected chi connectivity index (χ4v) is 4.21. The molecule has 0 saturated heterocycles. The monoisotopic (exact) mass is 438 g/mol. The molecule has 5 nitrogen and oxygen atoms in total. The highest BCUT2D eigenvalue weighted by Gasteiger charge is 2.55. The summed E-state index contributed by atoms with van der Waals surface area (Å²) in [5, 5.41) is 3.05. The number of aromatic nitrogens is 1. The van der Waals surface area contributed by atoms with Crippen molar-refractivity contribution in [1.29, 1.82) is 0 Å². The molecule has 0 aromatic carbocycles. The smallest absolute Gasteiger partial charge is 0.425 e. The Bertz CT molecular complexity index is 931. The summed E-state index contributed by atoms with van der Waals surface area (Å²) in [5.41, 5.74) is 1.11. The standard InChI is InChI=1S/C23H29F3N2O3/c1-12(23(24,25)26)30-18-9-17(27-11-15(18)13-6-7-13)20(29)28-22(5)10-19(14-8-16(14)22)31-21(2,3)4/h9,11-13,16H,6-8,10H2,1-5H3,(H,28,29). The van der Waals surface area contributed by atoms with E-state index in [2.05, 4.69) is 10.3 Å². The zero-order chi connectivity index (χ0) is 22.8. The number of ether oxygens (including phenoxy) is 2. The van der Waals surface area contributed by atoms with Gasteiger partial charge in [-0.25, -0.2) is 0 Å². The number of hydrogen-bond donors (Lipinski definition) is 1. The molecule has 31 heavy (non-hydrogen) atoms. The third-order valence-electron chi connectivity index (χ3n) is 6.08. The van der Waals surface area contributed by atoms with E-state index < -0.39 is 23.7 Å². The van der Waals surface area contributed by atoms with Crippen molar-refractivity contribution in [3.63, 3.8) is 0 Å². The number of rotatable bonds is 6. The van der Waals surface area contributed by atoms with E-state index in [1.807, 2.05) is 27.7 Å². The molecule has 3 aliphatic rings. The maximum absolute atomic E-state index is 13.0. The van der Waals surface area contributed by atoms with E-state index in [9.17, 15) is 18.0 Å². The van der Waals surface area contributed by atoms with Gasteiger partial charge in [-0.3, -0.25) is 9.78 Å². The third-order valence-corrected chi connectivity index (χ3v) is 6.08. The largest absolute Gasteiger partial charge is 0.492 e. The van der Waals surface area contributed by atoms with Crippen LogP contribution >= 0.6 is 0 Å². The molecule has 170 valence electrons. The van der Waals surface area contributed by atoms with Crippen molar-refractivity contribution in [3.05, 3.63) is 34.9 Å². The van der Waals surface area contributed by atoms with Crippen molar-refractivity contribution in [2.75, 3.05) is 0 Å². The van der Waals surface area contributed by atoms with Gasteiger partial charge in [0.1, 0.15) is 17.0 Å². The molecule has 4 rings (SSSR count). The molecule has 3 aliphatic carbocycles. The molecule has 1 amide bonds. The molecule has 2 fully saturated rings. The second-order valence-electron chi connectivity index (χ2n) is 10.2. The minimum atomic E-state index is -4.48. The number of nitrogens with one attached hydrogen (secondary N) is 1. The van der Waals surface area contributed by atoms with Crippen molar-refractivity contribution < 1.29 is 27.4 Å². The van der Waals surface area contributed by atoms with E-state index in [1.54, 1.807) is 0 Å². The van der Waals surface area contributed by atoms with Crippen LogP contribution < -0.4 is 10.1 Å². The number of alkyl halides is 3. The highest BCUT2D eigenvalue weighted by molar-refractivity contribution is 5.93. The lowest BCUT2D eigenvalue weighted by atomic mass is 9.94. The van der Waals surface area contributed by atoms with Gasteiger partial charge in [0.25, 0.3) is 5.91 Å². The normalized spacial score (nSPS) is 26.4. The number of fused-ring (bicyclic) bond motifs is 1. The molecular weight excluding hydrogens is 409 g/mol. The zero-order valence-corrected chi connectivity index (χ0v) is 18.5. The van der Waals surface area contributed by atoms with Crippen LogP contribution in [0.3, 0.4) is 0 Å². The fourth-order valence-electron chi connectivity index (χ4n) is 4.21. The Balaban J connectivity index is 1.50. The SMILES string of the molecule is CC(Oc1cc(C(=O)NC2(C)CC(OC(C)(C)C)=C3CC32)ncc1C1CC1)C(F)(F)F. The molecule has 1 heterocycles. The van der Waals surface area contributed by atoms with Crippen LogP contribution in [0.25, 0.3) is 0 Å². The average Bonchev–Trinajstić information content (AvgIpc) is 3.51. The average molecular weight is 438 g/mol. The molecule has 1 aromatic heterocycles. The van der Waals surface area contributed by atoms with Gasteiger partial charge in [-0.1, -0.05) is 0 Å². The minimum Gasteiger partial charge on any atom is -0.492 e. The van der Waals surface area contributed by atoms with Crippen molar-refractivity contribution >= 4 is 5.91 Å². The van der Waals surface area contributed by atoms with Gasteiger partial charge in [-0.05, 0) is 65.4 Å². The van der Waals surface area contributed by atoms with Gasteiger partial charge in [-0.2, -0.15) is 13.2 Å². The molecule has 0 bridgehead atoms. The van der Waals surface area contributed by atoms with Crippen LogP contribution in [0.15, 0.2) is 23.6 Å². The van der Waals surface area contributed by atoms with Crippen LogP contribution in [0.4, 0.5) is 13.2 Å². The number of amides is 1. The van der Waals surface area contributed by atoms with Gasteiger partial charge in [0.2, 0.25) is 0 Å². The molecule has 0 aliphatic heterocycles. The summed E-state index contributed by atoms with van der Waals surface area (Å²) in [7, 11) is 0. The van der Waals surface area contributed by atoms with E-state index in [1.165, 1.54) is 17.8 Å². The Hall–Kier alpha value is -2.25. The summed E-state index contributed by atoms with van der Waals surface area (Å²) in [6.45, 7) is 8.90. The Kier molecular flexibility index (Phi) is 5.06. The molecule has 8 heteroatoms. The number of carbonyl (C=O) groups excluding carboxylic acids is 1. The predicted molar refractivity (Wildman–Crippen MR) is 109 cm³/mol. The maximum Gasteiger partial charge on any atom is 0.425 e. The fraction of sp³-hybridized carbons (Fsp3) is 0.652. The van der Waals surface area contributed by atoms with Gasteiger partial charge in [0, 0.05) is 30.2 Å². The molecule has 1 N–H and O–H groups in total. The third kappa shape index (κ3) is 4.67. The van der Waals surface area contributed by atoms with Gasteiger partial charge in [-0.15, -0.1) is 0 Å². The molecule has 1 aromatic rings. The first-order chi connectivity index (χ1) is 14.3. The Morgan fingerprint density at radius 1 is 1.29 bits per heavy atom. The van der Waals surface area contributed by atoms with Crippen molar-refractivity contribution in [2.24, 2.45) is 5.92 Å². The second-order valence-corrected chi connectivity index (χ2v) is 10.2. The first-order valence-corrected chi connectivity index (χ1v) is 10.7. The lowest BCUT2D eigenvalue weighted by Crippen LogP contribution is -2.47. The van der Waals surface area contributed by atoms with Gasteiger partial charge in [0.05, 0.1) is 11.3 Å². The van der Waals surface area contributed by atoms with Crippen LogP contribution in [-0.2, 0) is 4.74 Å². The van der Waals surface area contributed by atoms with Gasteiger partial charge in [0.15, 0.2) is 6.10 Å². The van der Waals surface area contributed by atoms with Crippen LogP contribution in [0.2, 0.25) is 0 Å². The lowest BCUT2D eigenvalue weighted by molar-refractivity contribution is -0.189. The summed E-state index contributed by atoms with van der Waals surface area (Å²) in [6, 6.07) is 1.34. The molecule has 0 radical (unpaired) electrons. The van der Waals surface area contributed by atoms with Crippen LogP contribution in [0.5, 0.6) is 5.75 Å². The van der Waals surface area contributed by atoms with Crippen molar-refractivity contribution in [3.8, 4) is 5.75 Å². The van der Waals surface area contributed by atoms with Crippen molar-refractivity contribution in [2.45, 2.75) is 89.6 Å². The summed E-state index contributed by atoms with van der Waals surface area (Å²) >= 11 is 0. The van der Waals surface area contributed by atoms with E-state index in [0.29, 0.717) is 12.0 Å². The highest BCUT2D eigenvalue weighted by atomic mass is 19.4. The minimum absolute atomic E-state index is 0.0578. The summed E-state index contributed by atoms with van der Waals surface area (Å²) in [5.74, 6) is 0.965. The molecule has 3 atom stereocenters. The summed E-state index contributed by atoms with van der Waals surface area (Å²) in [6.07, 6.45) is -1.73. The highest BCUT2D eigenvalue weighted by Crippen LogP contribution is 2.57. The zero-order valence-electron chi connectivity index (χ0n) is 18.5. The number of pyridine rings is 1. The Morgan fingerprint density at radius 2 is 1.97 bits per heavy atom. The number of hydrogen-bond acceptors (Lipinski definition) is 4. The molecule has 2 saturated carbocycles. The Morgan fingerprint density at radius 3 is 2.55 bits per heavy atom. The van der Waals surface area contributed by atoms with Crippen molar-refractivity contribution in [1.82, 2.24) is 10.3 Å². The quantitative estimate of drug-likeness (QED) is 0.657. The summed E-state index contributed by atoms with van der Waals surface area (Å²) < 4.78 is 50.4. The van der Waals surface area contributed by atoms with E-state index >= 15 is 0 Å². The molecular formula is C23H29F3N2O3. The number of carbonyl (C=O) groups is 1. The maximum atomic E-state index is 13.0. The first kappa shape index (κ1) is 22.0.